The lowest BCUT2D eigenvalue weighted by atomic mass is 9.86. The summed E-state index contributed by atoms with van der Waals surface area (Å²) < 4.78 is 11.1. The first-order chi connectivity index (χ1) is 32.4. The zero-order chi connectivity index (χ0) is 46.5. The van der Waals surface area contributed by atoms with Gasteiger partial charge in [0.25, 0.3) is 0 Å². The van der Waals surface area contributed by atoms with Crippen LogP contribution in [0.5, 0.6) is 0 Å². The highest BCUT2D eigenvalue weighted by Gasteiger charge is 2.35. The fraction of sp³-hybridized carbons (Fsp3) is 0.440. The Hall–Kier alpha value is -6.04. The highest BCUT2D eigenvalue weighted by molar-refractivity contribution is 7.19. The first-order valence-corrected chi connectivity index (χ1v) is 24.9. The van der Waals surface area contributed by atoms with E-state index < -0.39 is 0 Å². The molecule has 2 aliphatic carbocycles. The molecule has 348 valence electrons. The molecular formula is C50H57N11O4S2. The molecule has 11 rings (SSSR count). The summed E-state index contributed by atoms with van der Waals surface area (Å²) >= 11 is 3.37. The van der Waals surface area contributed by atoms with Crippen LogP contribution in [-0.2, 0) is 57.8 Å². The molecule has 1 saturated heterocycles. The number of fused-ring (bicyclic) bond motifs is 8. The summed E-state index contributed by atoms with van der Waals surface area (Å²) in [5.41, 5.74) is 11.5. The number of morpholine rings is 1. The third-order valence-corrected chi connectivity index (χ3v) is 15.7. The van der Waals surface area contributed by atoms with Crippen molar-refractivity contribution in [1.29, 1.82) is 0 Å². The van der Waals surface area contributed by atoms with Crippen LogP contribution in [0.1, 0.15) is 76.7 Å². The quantitative estimate of drug-likeness (QED) is 0.134. The average molecular weight is 940 g/mol. The predicted octanol–water partition coefficient (Wildman–Crippen LogP) is 8.28. The van der Waals surface area contributed by atoms with Gasteiger partial charge in [0.1, 0.15) is 34.0 Å². The highest BCUT2D eigenvalue weighted by atomic mass is 32.1. The molecule has 0 bridgehead atoms. The first-order valence-electron chi connectivity index (χ1n) is 23.3. The SMILES string of the molecule is CCOC(=O)[C@H]1CCc2c(sc3ncnc(Nc4cc5c(cc4N(C)C)CN=C5)c23)C1.C[C@@H]1CN(C(=O)[C@H]2CCc3c(sc4ncnc(Nc5cc6c(cc5N(C)C)CN=C6)c34)C2)C[C@H](C)O1. The van der Waals surface area contributed by atoms with Gasteiger partial charge in [-0.25, -0.2) is 19.9 Å². The average Bonchev–Trinajstić information content (AvgIpc) is 4.12. The second kappa shape index (κ2) is 18.6. The standard InChI is InChI=1S/C27H32N6O2S.C23H25N5O2S/c1-15-12-33(13-16(2)35-15)27(34)17-5-6-20-23(9-17)36-26-24(20)25(29-14-30-26)31-21-7-18-10-28-11-19(18)8-22(21)32(3)4;1-4-30-23(29)13-5-6-16-19(9-13)31-22-20(16)21(25-12-26-22)27-17-7-14-10-24-11-15(14)8-18(17)28(2)3/h7-8,10,14-17H,5-6,9,11-13H2,1-4H3,(H,29,30,31);7-8,10,12-13H,4-6,9,11H2,1-3H3,(H,25,26,27)/t15-,16+,17-;13-/m00/s1. The second-order valence-electron chi connectivity index (χ2n) is 18.6. The summed E-state index contributed by atoms with van der Waals surface area (Å²) in [6.07, 6.45) is 12.1. The molecule has 5 aliphatic rings. The molecule has 4 aromatic heterocycles. The van der Waals surface area contributed by atoms with Gasteiger partial charge in [0.15, 0.2) is 0 Å². The number of anilines is 6. The van der Waals surface area contributed by atoms with Gasteiger partial charge in [-0.2, -0.15) is 0 Å². The van der Waals surface area contributed by atoms with Gasteiger partial charge in [0.2, 0.25) is 5.91 Å². The van der Waals surface area contributed by atoms with Crippen molar-refractivity contribution in [3.05, 3.63) is 80.1 Å². The van der Waals surface area contributed by atoms with Crippen LogP contribution in [0.15, 0.2) is 46.9 Å². The lowest BCUT2D eigenvalue weighted by Gasteiger charge is -2.37. The number of amides is 1. The maximum atomic E-state index is 13.4. The van der Waals surface area contributed by atoms with E-state index in [4.69, 9.17) is 9.47 Å². The zero-order valence-corrected chi connectivity index (χ0v) is 40.8. The number of carbonyl (C=O) groups excluding carboxylic acids is 2. The van der Waals surface area contributed by atoms with Crippen LogP contribution < -0.4 is 20.4 Å². The van der Waals surface area contributed by atoms with Crippen LogP contribution in [0.25, 0.3) is 20.4 Å². The van der Waals surface area contributed by atoms with Crippen molar-refractivity contribution >= 4 is 102 Å². The maximum Gasteiger partial charge on any atom is 0.309 e. The number of esters is 1. The Morgan fingerprint density at radius 1 is 0.731 bits per heavy atom. The number of nitrogens with zero attached hydrogens (tertiary/aromatic N) is 9. The van der Waals surface area contributed by atoms with Gasteiger partial charge in [-0.1, -0.05) is 0 Å². The minimum absolute atomic E-state index is 0.0174. The number of thiophene rings is 2. The molecular weight excluding hydrogens is 883 g/mol. The molecule has 2 aromatic carbocycles. The van der Waals surface area contributed by atoms with E-state index in [0.29, 0.717) is 26.1 Å². The zero-order valence-electron chi connectivity index (χ0n) is 39.2. The largest absolute Gasteiger partial charge is 0.466 e. The Bertz CT molecular complexity index is 2950. The van der Waals surface area contributed by atoms with Gasteiger partial charge in [-0.3, -0.25) is 19.6 Å². The second-order valence-corrected chi connectivity index (χ2v) is 20.7. The number of aromatic nitrogens is 4. The Morgan fingerprint density at radius 2 is 1.22 bits per heavy atom. The number of rotatable bonds is 9. The monoisotopic (exact) mass is 939 g/mol. The summed E-state index contributed by atoms with van der Waals surface area (Å²) in [7, 11) is 8.19. The van der Waals surface area contributed by atoms with Gasteiger partial charge < -0.3 is 34.8 Å². The lowest BCUT2D eigenvalue weighted by Crippen LogP contribution is -2.50. The third kappa shape index (κ3) is 8.84. The number of benzene rings is 2. The van der Waals surface area contributed by atoms with E-state index in [0.717, 1.165) is 111 Å². The molecule has 4 atom stereocenters. The molecule has 6 aromatic rings. The number of hydrogen-bond acceptors (Lipinski definition) is 16. The first kappa shape index (κ1) is 44.8. The van der Waals surface area contributed by atoms with E-state index in [1.54, 1.807) is 35.3 Å². The summed E-state index contributed by atoms with van der Waals surface area (Å²) in [6.45, 7) is 9.19. The Kier molecular flexibility index (Phi) is 12.4. The summed E-state index contributed by atoms with van der Waals surface area (Å²) in [5.74, 6) is 1.77. The number of nitrogens with one attached hydrogen (secondary N) is 2. The molecule has 0 unspecified atom stereocenters. The number of carbonyl (C=O) groups is 2. The fourth-order valence-electron chi connectivity index (χ4n) is 10.2. The van der Waals surface area contributed by atoms with Crippen molar-refractivity contribution in [2.24, 2.45) is 21.8 Å². The molecule has 0 spiro atoms. The Morgan fingerprint density at radius 3 is 1.72 bits per heavy atom. The Balaban J connectivity index is 0.000000159. The van der Waals surface area contributed by atoms with Crippen molar-refractivity contribution in [3.8, 4) is 0 Å². The highest BCUT2D eigenvalue weighted by Crippen LogP contribution is 2.44. The number of hydrogen-bond donors (Lipinski definition) is 2. The van der Waals surface area contributed by atoms with Crippen LogP contribution in [-0.4, -0.2) is 109 Å². The van der Waals surface area contributed by atoms with Crippen LogP contribution in [0, 0.1) is 11.8 Å². The molecule has 1 amide bonds. The van der Waals surface area contributed by atoms with Gasteiger partial charge >= 0.3 is 5.97 Å². The van der Waals surface area contributed by atoms with E-state index >= 15 is 0 Å². The molecule has 7 heterocycles. The molecule has 2 N–H and O–H groups in total. The van der Waals surface area contributed by atoms with E-state index in [1.165, 1.54) is 32.0 Å². The van der Waals surface area contributed by atoms with Crippen molar-refractivity contribution in [3.63, 3.8) is 0 Å². The minimum atomic E-state index is -0.0922. The molecule has 3 aliphatic heterocycles. The van der Waals surface area contributed by atoms with Crippen molar-refractivity contribution in [1.82, 2.24) is 24.8 Å². The van der Waals surface area contributed by atoms with Gasteiger partial charge in [0.05, 0.1) is 71.3 Å². The molecule has 1 fully saturated rings. The van der Waals surface area contributed by atoms with Gasteiger partial charge in [0, 0.05) is 69.4 Å². The summed E-state index contributed by atoms with van der Waals surface area (Å²) in [6, 6.07) is 8.70. The smallest absolute Gasteiger partial charge is 0.309 e. The van der Waals surface area contributed by atoms with Crippen LogP contribution >= 0.6 is 22.7 Å². The Labute approximate surface area is 398 Å². The molecule has 67 heavy (non-hydrogen) atoms. The van der Waals surface area contributed by atoms with Crippen molar-refractivity contribution in [2.45, 2.75) is 84.6 Å². The normalized spacial score (nSPS) is 20.1. The number of aliphatic imine (C=N–C) groups is 2. The van der Waals surface area contributed by atoms with Crippen LogP contribution in [0.2, 0.25) is 0 Å². The van der Waals surface area contributed by atoms with Crippen LogP contribution in [0.4, 0.5) is 34.4 Å². The van der Waals surface area contributed by atoms with E-state index in [2.05, 4.69) is 88.7 Å². The molecule has 0 radical (unpaired) electrons. The topological polar surface area (TPSA) is 163 Å². The van der Waals surface area contributed by atoms with E-state index in [-0.39, 0.29) is 35.9 Å². The van der Waals surface area contributed by atoms with Gasteiger partial charge in [-0.15, -0.1) is 22.7 Å². The number of ether oxygens (including phenoxy) is 2. The maximum absolute atomic E-state index is 13.4. The van der Waals surface area contributed by atoms with E-state index in [9.17, 15) is 9.59 Å². The fourth-order valence-corrected chi connectivity index (χ4v) is 12.7. The summed E-state index contributed by atoms with van der Waals surface area (Å²) in [5, 5.41) is 9.37. The molecule has 0 saturated carbocycles. The predicted molar refractivity (Wildman–Crippen MR) is 270 cm³/mol. The lowest BCUT2D eigenvalue weighted by molar-refractivity contribution is -0.148. The minimum Gasteiger partial charge on any atom is -0.466 e. The molecule has 15 nitrogen and oxygen atoms in total. The number of aryl methyl sites for hydroxylation is 2. The van der Waals surface area contributed by atoms with Crippen LogP contribution in [0.3, 0.4) is 0 Å². The van der Waals surface area contributed by atoms with Gasteiger partial charge in [-0.05, 0) is 117 Å². The third-order valence-electron chi connectivity index (χ3n) is 13.4. The van der Waals surface area contributed by atoms with E-state index in [1.807, 2.05) is 52.2 Å². The molecule has 17 heteroatoms. The van der Waals surface area contributed by atoms with Crippen molar-refractivity contribution < 1.29 is 19.1 Å². The summed E-state index contributed by atoms with van der Waals surface area (Å²) in [4.78, 5) is 63.5. The van der Waals surface area contributed by atoms with Crippen molar-refractivity contribution in [2.75, 3.05) is 68.3 Å².